The minimum Gasteiger partial charge on any atom is -0.319 e. The normalized spacial score (nSPS) is 33.0. The van der Waals surface area contributed by atoms with Crippen LogP contribution in [0, 0.1) is 23.1 Å². The Balaban J connectivity index is 1.86. The predicted octanol–water partition coefficient (Wildman–Crippen LogP) is 4.16. The first-order valence-electron chi connectivity index (χ1n) is 7.21. The van der Waals surface area contributed by atoms with Gasteiger partial charge in [-0.25, -0.2) is 4.39 Å². The van der Waals surface area contributed by atoms with Gasteiger partial charge in [-0.15, -0.1) is 0 Å². The number of nitrogens with one attached hydrogen (secondary N) is 1. The van der Waals surface area contributed by atoms with Crippen LogP contribution in [0.1, 0.15) is 31.2 Å². The molecule has 0 spiro atoms. The molecule has 0 radical (unpaired) electrons. The van der Waals surface area contributed by atoms with E-state index in [0.717, 1.165) is 29.3 Å². The highest BCUT2D eigenvalue weighted by Crippen LogP contribution is 2.57. The van der Waals surface area contributed by atoms with E-state index in [-0.39, 0.29) is 5.82 Å². The summed E-state index contributed by atoms with van der Waals surface area (Å²) < 4.78 is 14.1. The molecule has 1 N–H and O–H groups in total. The molecule has 19 heavy (non-hydrogen) atoms. The lowest BCUT2D eigenvalue weighted by atomic mass is 9.69. The monoisotopic (exact) mass is 325 g/mol. The first-order chi connectivity index (χ1) is 9.13. The Morgan fingerprint density at radius 1 is 1.42 bits per heavy atom. The molecule has 2 fully saturated rings. The first kappa shape index (κ1) is 13.6. The largest absolute Gasteiger partial charge is 0.319 e. The third-order valence-corrected chi connectivity index (χ3v) is 5.93. The van der Waals surface area contributed by atoms with Gasteiger partial charge in [0.25, 0.3) is 0 Å². The number of fused-ring (bicyclic) bond motifs is 2. The summed E-state index contributed by atoms with van der Waals surface area (Å²) >= 11 is 3.52. The van der Waals surface area contributed by atoms with Gasteiger partial charge in [-0.1, -0.05) is 28.4 Å². The Morgan fingerprint density at radius 3 is 2.84 bits per heavy atom. The maximum atomic E-state index is 13.2. The van der Waals surface area contributed by atoms with Gasteiger partial charge >= 0.3 is 0 Å². The quantitative estimate of drug-likeness (QED) is 0.876. The van der Waals surface area contributed by atoms with Gasteiger partial charge in [0.05, 0.1) is 0 Å². The fourth-order valence-corrected chi connectivity index (χ4v) is 4.94. The van der Waals surface area contributed by atoms with Crippen molar-refractivity contribution in [2.75, 3.05) is 13.6 Å². The lowest BCUT2D eigenvalue weighted by Gasteiger charge is -2.38. The fraction of sp³-hybridized carbons (Fsp3) is 0.625. The number of hydrogen-bond acceptors (Lipinski definition) is 1. The molecule has 104 valence electrons. The molecule has 2 aliphatic rings. The SMILES string of the molecule is CNCC1(Cc2ccc(F)cc2Br)CC2CCC1C2. The van der Waals surface area contributed by atoms with Crippen molar-refractivity contribution in [2.45, 2.75) is 32.1 Å². The molecular formula is C16H21BrFN. The predicted molar refractivity (Wildman–Crippen MR) is 79.6 cm³/mol. The third kappa shape index (κ3) is 2.47. The van der Waals surface area contributed by atoms with Crippen LogP contribution >= 0.6 is 15.9 Å². The van der Waals surface area contributed by atoms with Crippen molar-refractivity contribution >= 4 is 15.9 Å². The van der Waals surface area contributed by atoms with Crippen LogP contribution in [0.15, 0.2) is 22.7 Å². The van der Waals surface area contributed by atoms with Crippen LogP contribution in [-0.4, -0.2) is 13.6 Å². The highest BCUT2D eigenvalue weighted by molar-refractivity contribution is 9.10. The zero-order valence-corrected chi connectivity index (χ0v) is 13.0. The van der Waals surface area contributed by atoms with E-state index in [1.807, 2.05) is 13.1 Å². The molecule has 1 nitrogen and oxygen atoms in total. The van der Waals surface area contributed by atoms with Crippen LogP contribution in [0.25, 0.3) is 0 Å². The number of rotatable bonds is 4. The molecule has 0 saturated heterocycles. The Hall–Kier alpha value is -0.410. The van der Waals surface area contributed by atoms with Crippen LogP contribution < -0.4 is 5.32 Å². The molecule has 2 saturated carbocycles. The maximum absolute atomic E-state index is 13.2. The summed E-state index contributed by atoms with van der Waals surface area (Å²) in [4.78, 5) is 0. The smallest absolute Gasteiger partial charge is 0.124 e. The fourth-order valence-electron chi connectivity index (χ4n) is 4.45. The maximum Gasteiger partial charge on any atom is 0.124 e. The Kier molecular flexibility index (Phi) is 3.69. The lowest BCUT2D eigenvalue weighted by molar-refractivity contribution is 0.160. The minimum absolute atomic E-state index is 0.161. The van der Waals surface area contributed by atoms with Gasteiger partial charge in [0.2, 0.25) is 0 Å². The summed E-state index contributed by atoms with van der Waals surface area (Å²) in [6.45, 7) is 1.08. The summed E-state index contributed by atoms with van der Waals surface area (Å²) in [5.41, 5.74) is 1.64. The highest BCUT2D eigenvalue weighted by atomic mass is 79.9. The average molecular weight is 326 g/mol. The molecule has 3 unspecified atom stereocenters. The molecule has 1 aromatic rings. The zero-order valence-electron chi connectivity index (χ0n) is 11.4. The van der Waals surface area contributed by atoms with Gasteiger partial charge in [0, 0.05) is 11.0 Å². The first-order valence-corrected chi connectivity index (χ1v) is 8.01. The molecule has 0 amide bonds. The van der Waals surface area contributed by atoms with Crippen LogP contribution in [-0.2, 0) is 6.42 Å². The van der Waals surface area contributed by atoms with E-state index in [2.05, 4.69) is 21.2 Å². The second-order valence-electron chi connectivity index (χ2n) is 6.39. The summed E-state index contributed by atoms with van der Waals surface area (Å²) in [6, 6.07) is 5.12. The molecule has 0 aliphatic heterocycles. The van der Waals surface area contributed by atoms with Crippen molar-refractivity contribution in [1.29, 1.82) is 0 Å². The third-order valence-electron chi connectivity index (χ3n) is 5.19. The Labute approximate surface area is 123 Å². The molecule has 1 aromatic carbocycles. The summed E-state index contributed by atoms with van der Waals surface area (Å²) in [5, 5.41) is 3.40. The van der Waals surface area contributed by atoms with E-state index in [1.54, 1.807) is 12.1 Å². The number of halogens is 2. The van der Waals surface area contributed by atoms with E-state index in [0.29, 0.717) is 5.41 Å². The summed E-state index contributed by atoms with van der Waals surface area (Å²) in [7, 11) is 2.05. The number of benzene rings is 1. The van der Waals surface area contributed by atoms with Gasteiger partial charge in [0.1, 0.15) is 5.82 Å². The van der Waals surface area contributed by atoms with Gasteiger partial charge in [-0.2, -0.15) is 0 Å². The second-order valence-corrected chi connectivity index (χ2v) is 7.24. The van der Waals surface area contributed by atoms with Crippen LogP contribution in [0.4, 0.5) is 4.39 Å². The van der Waals surface area contributed by atoms with Crippen LogP contribution in [0.3, 0.4) is 0 Å². The topological polar surface area (TPSA) is 12.0 Å². The Bertz CT molecular complexity index is 476. The van der Waals surface area contributed by atoms with Crippen LogP contribution in [0.2, 0.25) is 0 Å². The van der Waals surface area contributed by atoms with E-state index < -0.39 is 0 Å². The van der Waals surface area contributed by atoms with Gasteiger partial charge in [-0.3, -0.25) is 0 Å². The second kappa shape index (κ2) is 5.17. The molecule has 0 heterocycles. The van der Waals surface area contributed by atoms with Crippen molar-refractivity contribution in [3.05, 3.63) is 34.1 Å². The van der Waals surface area contributed by atoms with Crippen LogP contribution in [0.5, 0.6) is 0 Å². The van der Waals surface area contributed by atoms with E-state index in [4.69, 9.17) is 0 Å². The standard InChI is InChI=1S/C16H21BrFN/c1-19-10-16(8-11-2-4-13(16)6-11)9-12-3-5-14(18)7-15(12)17/h3,5,7,11,13,19H,2,4,6,8-10H2,1H3. The van der Waals surface area contributed by atoms with Crippen molar-refractivity contribution in [2.24, 2.45) is 17.3 Å². The molecule has 2 bridgehead atoms. The molecule has 3 heteroatoms. The number of hydrogen-bond donors (Lipinski definition) is 1. The van der Waals surface area contributed by atoms with E-state index in [1.165, 1.54) is 31.2 Å². The molecule has 3 rings (SSSR count). The molecule has 3 atom stereocenters. The van der Waals surface area contributed by atoms with Crippen molar-refractivity contribution in [1.82, 2.24) is 5.32 Å². The Morgan fingerprint density at radius 2 is 2.26 bits per heavy atom. The summed E-state index contributed by atoms with van der Waals surface area (Å²) in [6.07, 6.45) is 6.60. The average Bonchev–Trinajstić information content (AvgIpc) is 2.94. The molecular weight excluding hydrogens is 305 g/mol. The van der Waals surface area contributed by atoms with Crippen molar-refractivity contribution < 1.29 is 4.39 Å². The zero-order chi connectivity index (χ0) is 13.5. The van der Waals surface area contributed by atoms with Gasteiger partial charge in [0.15, 0.2) is 0 Å². The lowest BCUT2D eigenvalue weighted by Crippen LogP contribution is -2.39. The highest BCUT2D eigenvalue weighted by Gasteiger charge is 2.50. The van der Waals surface area contributed by atoms with Gasteiger partial charge in [-0.05, 0) is 67.7 Å². The van der Waals surface area contributed by atoms with Crippen molar-refractivity contribution in [3.8, 4) is 0 Å². The van der Waals surface area contributed by atoms with Crippen molar-refractivity contribution in [3.63, 3.8) is 0 Å². The molecule has 2 aliphatic carbocycles. The molecule has 0 aromatic heterocycles. The summed E-state index contributed by atoms with van der Waals surface area (Å²) in [5.74, 6) is 1.62. The minimum atomic E-state index is -0.161. The van der Waals surface area contributed by atoms with E-state index >= 15 is 0 Å². The van der Waals surface area contributed by atoms with Gasteiger partial charge < -0.3 is 5.32 Å². The van der Waals surface area contributed by atoms with E-state index in [9.17, 15) is 4.39 Å².